The number of hydrogen-bond acceptors (Lipinski definition) is 7. The van der Waals surface area contributed by atoms with E-state index in [1.54, 1.807) is 58.0 Å². The molecule has 0 aliphatic carbocycles. The molecule has 8 nitrogen and oxygen atoms in total. The van der Waals surface area contributed by atoms with Gasteiger partial charge in [-0.15, -0.1) is 0 Å². The molecule has 9 heteroatoms. The zero-order valence-electron chi connectivity index (χ0n) is 23.3. The van der Waals surface area contributed by atoms with Gasteiger partial charge in [0.05, 0.1) is 13.2 Å². The van der Waals surface area contributed by atoms with Crippen molar-refractivity contribution in [3.8, 4) is 23.0 Å². The van der Waals surface area contributed by atoms with Crippen LogP contribution in [0.25, 0.3) is 0 Å². The average Bonchev–Trinajstić information content (AvgIpc) is 2.89. The molecule has 1 amide bonds. The molecule has 0 atom stereocenters. The summed E-state index contributed by atoms with van der Waals surface area (Å²) in [5.41, 5.74) is 0.770. The van der Waals surface area contributed by atoms with Crippen LogP contribution in [0, 0.1) is 5.82 Å². The van der Waals surface area contributed by atoms with Gasteiger partial charge in [0.2, 0.25) is 0 Å². The van der Waals surface area contributed by atoms with Crippen LogP contribution < -0.4 is 19.5 Å². The number of carbonyl (C=O) groups excluding carboxylic acids is 2. The van der Waals surface area contributed by atoms with Crippen molar-refractivity contribution in [2.45, 2.75) is 52.7 Å². The Labute approximate surface area is 234 Å². The lowest BCUT2D eigenvalue weighted by molar-refractivity contribution is -0.143. The van der Waals surface area contributed by atoms with Crippen molar-refractivity contribution in [2.75, 3.05) is 19.8 Å². The van der Waals surface area contributed by atoms with Crippen LogP contribution in [-0.4, -0.2) is 37.4 Å². The topological polar surface area (TPSA) is 92.3 Å². The van der Waals surface area contributed by atoms with Crippen LogP contribution in [0.1, 0.15) is 45.2 Å². The van der Waals surface area contributed by atoms with E-state index in [0.29, 0.717) is 41.4 Å². The van der Waals surface area contributed by atoms with Gasteiger partial charge >= 0.3 is 12.1 Å². The maximum atomic E-state index is 14.7. The van der Waals surface area contributed by atoms with Crippen molar-refractivity contribution in [3.05, 3.63) is 83.7 Å². The van der Waals surface area contributed by atoms with E-state index in [0.717, 1.165) is 0 Å². The number of carbonyl (C=O) groups is 2. The number of rotatable bonds is 13. The monoisotopic (exact) mass is 553 g/mol. The molecule has 0 bridgehead atoms. The molecule has 3 aromatic carbocycles. The van der Waals surface area contributed by atoms with Gasteiger partial charge in [0.1, 0.15) is 36.1 Å². The van der Waals surface area contributed by atoms with Crippen molar-refractivity contribution in [1.29, 1.82) is 0 Å². The summed E-state index contributed by atoms with van der Waals surface area (Å²) in [6.07, 6.45) is 0.0242. The highest BCUT2D eigenvalue weighted by atomic mass is 19.1. The highest BCUT2D eigenvalue weighted by Gasteiger charge is 2.15. The maximum absolute atomic E-state index is 14.7. The summed E-state index contributed by atoms with van der Waals surface area (Å²) < 4.78 is 42.4. The number of hydrogen-bond donors (Lipinski definition) is 1. The molecule has 0 aliphatic rings. The molecule has 3 rings (SSSR count). The van der Waals surface area contributed by atoms with Gasteiger partial charge in [0, 0.05) is 12.5 Å². The number of halogens is 1. The second-order valence-electron chi connectivity index (χ2n) is 9.86. The second-order valence-corrected chi connectivity index (χ2v) is 9.86. The Morgan fingerprint density at radius 3 is 2.33 bits per heavy atom. The van der Waals surface area contributed by atoms with E-state index in [2.05, 4.69) is 5.32 Å². The molecular weight excluding hydrogens is 517 g/mol. The Kier molecular flexibility index (Phi) is 11.2. The molecule has 0 spiro atoms. The molecule has 0 unspecified atom stereocenters. The molecule has 0 fully saturated rings. The van der Waals surface area contributed by atoms with Crippen molar-refractivity contribution < 1.29 is 37.7 Å². The smallest absolute Gasteiger partial charge is 0.407 e. The first-order chi connectivity index (χ1) is 19.1. The normalized spacial score (nSPS) is 10.9. The number of nitrogens with one attached hydrogen (secondary N) is 1. The van der Waals surface area contributed by atoms with Gasteiger partial charge in [0.15, 0.2) is 11.6 Å². The Hall–Kier alpha value is -4.27. The number of amides is 1. The quantitative estimate of drug-likeness (QED) is 0.188. The third-order valence-electron chi connectivity index (χ3n) is 5.27. The first kappa shape index (κ1) is 30.3. The molecule has 0 aromatic heterocycles. The Morgan fingerprint density at radius 2 is 1.62 bits per heavy atom. The summed E-state index contributed by atoms with van der Waals surface area (Å²) in [6, 6.07) is 19.2. The highest BCUT2D eigenvalue weighted by Crippen LogP contribution is 2.29. The molecule has 40 heavy (non-hydrogen) atoms. The minimum atomic E-state index is -0.592. The Morgan fingerprint density at radius 1 is 0.875 bits per heavy atom. The number of para-hydroxylation sites is 1. The Bertz CT molecular complexity index is 1260. The van der Waals surface area contributed by atoms with Gasteiger partial charge in [-0.1, -0.05) is 24.3 Å². The van der Waals surface area contributed by atoms with Gasteiger partial charge in [-0.2, -0.15) is 0 Å². The maximum Gasteiger partial charge on any atom is 0.407 e. The lowest BCUT2D eigenvalue weighted by Crippen LogP contribution is -2.34. The van der Waals surface area contributed by atoms with Crippen molar-refractivity contribution >= 4 is 12.1 Å². The zero-order chi connectivity index (χ0) is 29.0. The molecule has 214 valence electrons. The number of esters is 1. The largest absolute Gasteiger partial charge is 0.492 e. The third-order valence-corrected chi connectivity index (χ3v) is 5.27. The fraction of sp³-hybridized carbons (Fsp3) is 0.355. The predicted molar refractivity (Wildman–Crippen MR) is 148 cm³/mol. The fourth-order valence-corrected chi connectivity index (χ4v) is 3.57. The molecule has 3 aromatic rings. The molecule has 0 saturated carbocycles. The first-order valence-electron chi connectivity index (χ1n) is 13.1. The van der Waals surface area contributed by atoms with E-state index >= 15 is 0 Å². The first-order valence-corrected chi connectivity index (χ1v) is 13.1. The predicted octanol–water partition coefficient (Wildman–Crippen LogP) is 6.60. The van der Waals surface area contributed by atoms with E-state index in [9.17, 15) is 14.0 Å². The minimum absolute atomic E-state index is 0.0532. The van der Waals surface area contributed by atoms with Crippen molar-refractivity contribution in [3.63, 3.8) is 0 Å². The molecular formula is C31H36FNO7. The molecule has 0 saturated heterocycles. The van der Waals surface area contributed by atoms with Gasteiger partial charge in [-0.3, -0.25) is 4.79 Å². The summed E-state index contributed by atoms with van der Waals surface area (Å²) >= 11 is 0. The third kappa shape index (κ3) is 10.8. The lowest BCUT2D eigenvalue weighted by atomic mass is 10.1. The Balaban J connectivity index is 1.64. The summed E-state index contributed by atoms with van der Waals surface area (Å²) in [6.45, 7) is 7.90. The fourth-order valence-electron chi connectivity index (χ4n) is 3.57. The van der Waals surface area contributed by atoms with Crippen molar-refractivity contribution in [1.82, 2.24) is 5.32 Å². The van der Waals surface area contributed by atoms with Crippen LogP contribution >= 0.6 is 0 Å². The average molecular weight is 554 g/mol. The molecule has 1 N–H and O–H groups in total. The number of benzene rings is 3. The van der Waals surface area contributed by atoms with Crippen molar-refractivity contribution in [2.24, 2.45) is 0 Å². The van der Waals surface area contributed by atoms with Crippen LogP contribution in [0.3, 0.4) is 0 Å². The summed E-state index contributed by atoms with van der Waals surface area (Å²) in [4.78, 5) is 23.4. The number of alkyl carbamates (subject to hydrolysis) is 1. The SMILES string of the molecule is CCOC(=O)CCc1ccc(OCc2cc(OCCNC(=O)OC(C)(C)C)cc(Oc3ccccc3)c2)c(F)c1. The van der Waals surface area contributed by atoms with E-state index < -0.39 is 17.5 Å². The van der Waals surface area contributed by atoms with Crippen LogP contribution in [0.5, 0.6) is 23.0 Å². The van der Waals surface area contributed by atoms with Gasteiger partial charge in [0.25, 0.3) is 0 Å². The lowest BCUT2D eigenvalue weighted by Gasteiger charge is -2.19. The molecule has 0 heterocycles. The number of aryl methyl sites for hydroxylation is 1. The van der Waals surface area contributed by atoms with Gasteiger partial charge in [-0.25, -0.2) is 9.18 Å². The van der Waals surface area contributed by atoms with Crippen LogP contribution in [0.4, 0.5) is 9.18 Å². The standard InChI is InChI=1S/C31H36FNO7/c1-5-36-29(34)14-12-22-11-13-28(27(32)19-22)38-21-23-17-25(37-16-15-33-30(35)40-31(2,3)4)20-26(18-23)39-24-9-7-6-8-10-24/h6-11,13,17-20H,5,12,14-16,21H2,1-4H3,(H,33,35). The van der Waals surface area contributed by atoms with Gasteiger partial charge in [-0.05, 0) is 81.6 Å². The molecule has 0 radical (unpaired) electrons. The van der Waals surface area contributed by atoms with Gasteiger partial charge < -0.3 is 29.0 Å². The summed E-state index contributed by atoms with van der Waals surface area (Å²) in [5.74, 6) is 0.882. The highest BCUT2D eigenvalue weighted by molar-refractivity contribution is 5.69. The summed E-state index contributed by atoms with van der Waals surface area (Å²) in [5, 5.41) is 2.65. The molecule has 0 aliphatic heterocycles. The zero-order valence-corrected chi connectivity index (χ0v) is 23.3. The van der Waals surface area contributed by atoms with Crippen LogP contribution in [-0.2, 0) is 27.3 Å². The van der Waals surface area contributed by atoms with E-state index in [-0.39, 0.29) is 37.9 Å². The minimum Gasteiger partial charge on any atom is -0.492 e. The van der Waals surface area contributed by atoms with E-state index in [4.69, 9.17) is 23.7 Å². The second kappa shape index (κ2) is 14.8. The van der Waals surface area contributed by atoms with E-state index in [1.807, 2.05) is 30.3 Å². The van der Waals surface area contributed by atoms with Crippen LogP contribution in [0.2, 0.25) is 0 Å². The summed E-state index contributed by atoms with van der Waals surface area (Å²) in [7, 11) is 0. The number of ether oxygens (including phenoxy) is 5. The van der Waals surface area contributed by atoms with Crippen LogP contribution in [0.15, 0.2) is 66.7 Å². The van der Waals surface area contributed by atoms with E-state index in [1.165, 1.54) is 6.07 Å².